The van der Waals surface area contributed by atoms with Gasteiger partial charge in [0.2, 0.25) is 0 Å². The third kappa shape index (κ3) is 4.93. The highest BCUT2D eigenvalue weighted by atomic mass is 32.2. The van der Waals surface area contributed by atoms with Crippen LogP contribution in [0.3, 0.4) is 0 Å². The number of carbonyl (C=O) groups excluding carboxylic acids is 1. The van der Waals surface area contributed by atoms with Gasteiger partial charge in [0, 0.05) is 24.4 Å². The van der Waals surface area contributed by atoms with Gasteiger partial charge in [-0.05, 0) is 93.3 Å². The first-order valence-electron chi connectivity index (χ1n) is 12.0. The molecule has 0 N–H and O–H groups in total. The van der Waals surface area contributed by atoms with Crippen molar-refractivity contribution in [3.63, 3.8) is 0 Å². The van der Waals surface area contributed by atoms with E-state index in [0.29, 0.717) is 35.2 Å². The van der Waals surface area contributed by atoms with Crippen molar-refractivity contribution in [2.75, 3.05) is 25.2 Å². The average Bonchev–Trinajstić information content (AvgIpc) is 3.06. The second-order valence-electron chi connectivity index (χ2n) is 9.99. The van der Waals surface area contributed by atoms with E-state index in [9.17, 15) is 4.79 Å². The molecule has 0 spiro atoms. The van der Waals surface area contributed by atoms with E-state index in [0.717, 1.165) is 17.7 Å². The summed E-state index contributed by atoms with van der Waals surface area (Å²) >= 11 is 1.43. The Hall–Kier alpha value is -2.57. The summed E-state index contributed by atoms with van der Waals surface area (Å²) in [7, 11) is 1.65. The number of amides is 1. The summed E-state index contributed by atoms with van der Waals surface area (Å²) in [5.74, 6) is 0.436. The lowest BCUT2D eigenvalue weighted by Crippen LogP contribution is -2.51. The van der Waals surface area contributed by atoms with Gasteiger partial charge in [0.1, 0.15) is 0 Å². The van der Waals surface area contributed by atoms with Crippen LogP contribution in [0.4, 0.5) is 11.4 Å². The molecule has 2 aliphatic heterocycles. The van der Waals surface area contributed by atoms with E-state index in [4.69, 9.17) is 9.73 Å². The van der Waals surface area contributed by atoms with Gasteiger partial charge in [-0.15, -0.1) is 0 Å². The highest BCUT2D eigenvalue weighted by Gasteiger charge is 2.38. The molecule has 0 unspecified atom stereocenters. The zero-order valence-corrected chi connectivity index (χ0v) is 21.9. The molecule has 0 bridgehead atoms. The Morgan fingerprint density at radius 2 is 1.94 bits per heavy atom. The van der Waals surface area contributed by atoms with Gasteiger partial charge < -0.3 is 9.64 Å². The van der Waals surface area contributed by atoms with Gasteiger partial charge in [-0.25, -0.2) is 4.99 Å². The third-order valence-corrected chi connectivity index (χ3v) is 7.51. The molecule has 2 aliphatic rings. The van der Waals surface area contributed by atoms with Crippen molar-refractivity contribution in [2.24, 2.45) is 4.99 Å². The number of fused-ring (bicyclic) bond motifs is 1. The molecule has 4 rings (SSSR count). The quantitative estimate of drug-likeness (QED) is 0.449. The van der Waals surface area contributed by atoms with E-state index in [-0.39, 0.29) is 11.4 Å². The third-order valence-electron chi connectivity index (χ3n) is 6.50. The fourth-order valence-corrected chi connectivity index (χ4v) is 6.30. The lowest BCUT2D eigenvalue weighted by molar-refractivity contribution is -0.122. The van der Waals surface area contributed by atoms with Crippen LogP contribution in [0, 0.1) is 0 Å². The first-order valence-corrected chi connectivity index (χ1v) is 12.8. The fourth-order valence-electron chi connectivity index (χ4n) is 5.27. The van der Waals surface area contributed by atoms with Crippen molar-refractivity contribution >= 4 is 40.3 Å². The summed E-state index contributed by atoms with van der Waals surface area (Å²) in [5.41, 5.74) is 4.66. The molecule has 0 aliphatic carbocycles. The van der Waals surface area contributed by atoms with Crippen LogP contribution in [-0.4, -0.2) is 47.8 Å². The number of hydrogen-bond acceptors (Lipinski definition) is 5. The van der Waals surface area contributed by atoms with Gasteiger partial charge >= 0.3 is 0 Å². The molecule has 2 heterocycles. The number of nitrogens with zero attached hydrogens (tertiary/aromatic N) is 3. The van der Waals surface area contributed by atoms with Gasteiger partial charge in [0.05, 0.1) is 23.7 Å². The molecule has 2 aromatic rings. The fraction of sp³-hybridized carbons (Fsp3) is 0.429. The molecule has 1 atom stereocenters. The summed E-state index contributed by atoms with van der Waals surface area (Å²) < 4.78 is 5.24. The number of thioether (sulfide) groups is 1. The first-order chi connectivity index (χ1) is 16.2. The smallest absolute Gasteiger partial charge is 0.266 e. The number of aliphatic imine (C=N–C) groups is 1. The maximum absolute atomic E-state index is 13.3. The molecular weight excluding hydrogens is 442 g/mol. The van der Waals surface area contributed by atoms with Crippen molar-refractivity contribution in [3.05, 3.63) is 64.6 Å². The molecule has 180 valence electrons. The van der Waals surface area contributed by atoms with Crippen LogP contribution in [-0.2, 0) is 9.53 Å². The Bertz CT molecular complexity index is 1110. The van der Waals surface area contributed by atoms with Crippen molar-refractivity contribution in [3.8, 4) is 0 Å². The lowest BCUT2D eigenvalue weighted by Gasteiger charge is -2.50. The number of ether oxygens (including phenoxy) is 1. The lowest BCUT2D eigenvalue weighted by atomic mass is 9.79. The molecular formula is C28H35N3O2S. The summed E-state index contributed by atoms with van der Waals surface area (Å²) in [4.78, 5) is 23.0. The highest BCUT2D eigenvalue weighted by molar-refractivity contribution is 8.18. The van der Waals surface area contributed by atoms with Gasteiger partial charge in [-0.3, -0.25) is 9.69 Å². The average molecular weight is 478 g/mol. The van der Waals surface area contributed by atoms with Crippen molar-refractivity contribution in [1.29, 1.82) is 0 Å². The van der Waals surface area contributed by atoms with E-state index in [1.54, 1.807) is 12.0 Å². The number of benzene rings is 2. The monoisotopic (exact) mass is 477 g/mol. The van der Waals surface area contributed by atoms with Gasteiger partial charge in [0.15, 0.2) is 5.17 Å². The minimum atomic E-state index is -0.0209. The van der Waals surface area contributed by atoms with E-state index in [1.165, 1.54) is 23.0 Å². The van der Waals surface area contributed by atoms with Crippen LogP contribution in [0.2, 0.25) is 0 Å². The van der Waals surface area contributed by atoms with E-state index >= 15 is 0 Å². The van der Waals surface area contributed by atoms with Gasteiger partial charge in [0.25, 0.3) is 5.91 Å². The number of anilines is 1. The summed E-state index contributed by atoms with van der Waals surface area (Å²) in [5, 5.41) is 0.693. The summed E-state index contributed by atoms with van der Waals surface area (Å²) in [6.45, 7) is 12.4. The topological polar surface area (TPSA) is 45.1 Å². The molecule has 2 aromatic carbocycles. The second kappa shape index (κ2) is 9.96. The minimum Gasteiger partial charge on any atom is -0.383 e. The molecule has 0 aromatic heterocycles. The molecule has 5 nitrogen and oxygen atoms in total. The Morgan fingerprint density at radius 1 is 1.21 bits per heavy atom. The number of methoxy groups -OCH3 is 1. The van der Waals surface area contributed by atoms with E-state index in [2.05, 4.69) is 57.7 Å². The maximum Gasteiger partial charge on any atom is 0.266 e. The number of para-hydroxylation sites is 1. The van der Waals surface area contributed by atoms with E-state index in [1.807, 2.05) is 36.4 Å². The zero-order chi connectivity index (χ0) is 24.5. The number of rotatable bonds is 6. The Kier molecular flexibility index (Phi) is 7.20. The summed E-state index contributed by atoms with van der Waals surface area (Å²) in [6.07, 6.45) is 3.11. The minimum absolute atomic E-state index is 0.0209. The Morgan fingerprint density at radius 3 is 2.62 bits per heavy atom. The first kappa shape index (κ1) is 24.6. The molecule has 6 heteroatoms. The standard InChI is InChI=1S/C28H35N3O2S/c1-19(2)31-24-13-12-21(16-23(24)20(3)18-28(31,4)5)17-25-26(32)30(14-15-33-6)27(34-25)29-22-10-8-7-9-11-22/h7-13,16-17,19-20H,14-15,18H2,1-6H3/b25-17-,29-27?/t20-/m0/s1. The van der Waals surface area contributed by atoms with Crippen LogP contribution in [0.5, 0.6) is 0 Å². The van der Waals surface area contributed by atoms with Crippen molar-refractivity contribution in [1.82, 2.24) is 4.90 Å². The van der Waals surface area contributed by atoms with Gasteiger partial charge in [-0.1, -0.05) is 31.2 Å². The number of amidine groups is 1. The largest absolute Gasteiger partial charge is 0.383 e. The molecule has 0 saturated carbocycles. The Labute approximate surface area is 207 Å². The van der Waals surface area contributed by atoms with Crippen LogP contribution in [0.15, 0.2) is 58.4 Å². The molecule has 0 radical (unpaired) electrons. The number of carbonyl (C=O) groups is 1. The van der Waals surface area contributed by atoms with Crippen LogP contribution >= 0.6 is 11.8 Å². The van der Waals surface area contributed by atoms with Crippen LogP contribution < -0.4 is 4.90 Å². The predicted octanol–water partition coefficient (Wildman–Crippen LogP) is 6.44. The Balaban J connectivity index is 1.68. The SMILES string of the molecule is COCCN1C(=O)/C(=C/c2ccc3c(c2)[C@@H](C)CC(C)(C)N3C(C)C)SC1=Nc1ccccc1. The molecule has 1 saturated heterocycles. The highest BCUT2D eigenvalue weighted by Crippen LogP contribution is 2.45. The zero-order valence-electron chi connectivity index (χ0n) is 21.0. The molecule has 1 fully saturated rings. The van der Waals surface area contributed by atoms with Gasteiger partial charge in [-0.2, -0.15) is 0 Å². The normalized spacial score (nSPS) is 22.2. The predicted molar refractivity (Wildman–Crippen MR) is 144 cm³/mol. The van der Waals surface area contributed by atoms with E-state index < -0.39 is 0 Å². The second-order valence-corrected chi connectivity index (χ2v) is 11.0. The molecule has 1 amide bonds. The van der Waals surface area contributed by atoms with Crippen molar-refractivity contribution < 1.29 is 9.53 Å². The van der Waals surface area contributed by atoms with Crippen LogP contribution in [0.1, 0.15) is 58.1 Å². The number of hydrogen-bond donors (Lipinski definition) is 0. The van der Waals surface area contributed by atoms with Crippen molar-refractivity contribution in [2.45, 2.75) is 58.5 Å². The maximum atomic E-state index is 13.3. The summed E-state index contributed by atoms with van der Waals surface area (Å²) in [6, 6.07) is 16.8. The molecule has 34 heavy (non-hydrogen) atoms. The van der Waals surface area contributed by atoms with Crippen LogP contribution in [0.25, 0.3) is 6.08 Å².